The highest BCUT2D eigenvalue weighted by atomic mass is 15.0. The number of anilines is 2. The number of fused-ring (bicyclic) bond motifs is 1. The van der Waals surface area contributed by atoms with Gasteiger partial charge in [0.1, 0.15) is 0 Å². The average Bonchev–Trinajstić information content (AvgIpc) is 2.21. The third kappa shape index (κ3) is 2.08. The predicted octanol–water partition coefficient (Wildman–Crippen LogP) is 3.03. The van der Waals surface area contributed by atoms with Gasteiger partial charge < -0.3 is 11.1 Å². The summed E-state index contributed by atoms with van der Waals surface area (Å²) in [5.74, 6) is 0. The van der Waals surface area contributed by atoms with Crippen molar-refractivity contribution >= 4 is 22.1 Å². The van der Waals surface area contributed by atoms with Crippen molar-refractivity contribution in [1.29, 1.82) is 0 Å². The van der Waals surface area contributed by atoms with E-state index in [4.69, 9.17) is 5.73 Å². The van der Waals surface area contributed by atoms with E-state index in [0.717, 1.165) is 22.1 Å². The number of nitrogens with zero attached hydrogens (tertiary/aromatic N) is 1. The van der Waals surface area contributed by atoms with Crippen LogP contribution in [-0.4, -0.2) is 10.5 Å². The maximum atomic E-state index is 6.14. The molecule has 0 aliphatic rings. The molecular weight excluding hydrogens is 198 g/mol. The number of nitrogen functional groups attached to an aromatic ring is 1. The summed E-state index contributed by atoms with van der Waals surface area (Å²) in [4.78, 5) is 4.08. The Morgan fingerprint density at radius 2 is 1.94 bits per heavy atom. The quantitative estimate of drug-likeness (QED) is 0.719. The van der Waals surface area contributed by atoms with E-state index in [0.29, 0.717) is 0 Å². The molecule has 0 radical (unpaired) electrons. The lowest BCUT2D eigenvalue weighted by molar-refractivity contribution is 0.634. The van der Waals surface area contributed by atoms with Crippen LogP contribution >= 0.6 is 0 Å². The van der Waals surface area contributed by atoms with Gasteiger partial charge in [-0.15, -0.1) is 0 Å². The summed E-state index contributed by atoms with van der Waals surface area (Å²) in [5.41, 5.74) is 7.91. The average molecular weight is 215 g/mol. The largest absolute Gasteiger partial charge is 0.397 e. The molecule has 1 heterocycles. The van der Waals surface area contributed by atoms with E-state index >= 15 is 0 Å². The predicted molar refractivity (Wildman–Crippen MR) is 69.5 cm³/mol. The van der Waals surface area contributed by atoms with Crippen LogP contribution in [0.2, 0.25) is 0 Å². The molecule has 2 rings (SSSR count). The van der Waals surface area contributed by atoms with Crippen molar-refractivity contribution in [3.05, 3.63) is 30.6 Å². The molecule has 0 amide bonds. The zero-order chi connectivity index (χ0) is 11.8. The van der Waals surface area contributed by atoms with E-state index in [2.05, 4.69) is 31.1 Å². The third-order valence-electron chi connectivity index (χ3n) is 2.37. The first-order valence-electron chi connectivity index (χ1n) is 5.38. The van der Waals surface area contributed by atoms with E-state index in [1.165, 1.54) is 0 Å². The molecule has 84 valence electrons. The number of nitrogens with two attached hydrogens (primary N) is 1. The lowest BCUT2D eigenvalue weighted by atomic mass is 10.1. The number of hydrogen-bond acceptors (Lipinski definition) is 3. The summed E-state index contributed by atoms with van der Waals surface area (Å²) < 4.78 is 0. The zero-order valence-electron chi connectivity index (χ0n) is 9.91. The lowest BCUT2D eigenvalue weighted by Gasteiger charge is -2.23. The van der Waals surface area contributed by atoms with Gasteiger partial charge in [0.25, 0.3) is 0 Å². The summed E-state index contributed by atoms with van der Waals surface area (Å²) in [7, 11) is 0. The monoisotopic (exact) mass is 215 g/mol. The fourth-order valence-corrected chi connectivity index (χ4v) is 1.71. The zero-order valence-corrected chi connectivity index (χ0v) is 9.91. The fraction of sp³-hybridized carbons (Fsp3) is 0.308. The maximum absolute atomic E-state index is 6.14. The molecule has 3 nitrogen and oxygen atoms in total. The summed E-state index contributed by atoms with van der Waals surface area (Å²) in [6.45, 7) is 6.34. The molecule has 0 bridgehead atoms. The number of rotatable bonds is 1. The Bertz CT molecular complexity index is 512. The van der Waals surface area contributed by atoms with E-state index in [9.17, 15) is 0 Å². The van der Waals surface area contributed by atoms with Gasteiger partial charge in [0.15, 0.2) is 0 Å². The van der Waals surface area contributed by atoms with Crippen LogP contribution in [-0.2, 0) is 0 Å². The normalized spacial score (nSPS) is 11.7. The molecule has 0 aliphatic heterocycles. The van der Waals surface area contributed by atoms with Crippen LogP contribution in [0, 0.1) is 0 Å². The molecule has 0 fully saturated rings. The van der Waals surface area contributed by atoms with Gasteiger partial charge in [0, 0.05) is 28.7 Å². The summed E-state index contributed by atoms with van der Waals surface area (Å²) in [6.07, 6.45) is 3.59. The van der Waals surface area contributed by atoms with Gasteiger partial charge in [0.05, 0.1) is 11.4 Å². The number of benzene rings is 1. The Morgan fingerprint density at radius 1 is 1.19 bits per heavy atom. The molecule has 0 aliphatic carbocycles. The SMILES string of the molecule is CC(C)(C)Nc1ccc2cnccc2c1N. The molecule has 1 aromatic carbocycles. The number of aromatic nitrogens is 1. The van der Waals surface area contributed by atoms with Crippen molar-refractivity contribution in [2.45, 2.75) is 26.3 Å². The van der Waals surface area contributed by atoms with Gasteiger partial charge in [-0.1, -0.05) is 6.07 Å². The molecule has 0 saturated carbocycles. The Morgan fingerprint density at radius 3 is 2.62 bits per heavy atom. The second-order valence-electron chi connectivity index (χ2n) is 5.00. The highest BCUT2D eigenvalue weighted by Crippen LogP contribution is 2.29. The molecule has 0 atom stereocenters. The number of hydrogen-bond donors (Lipinski definition) is 2. The Balaban J connectivity index is 2.53. The summed E-state index contributed by atoms with van der Waals surface area (Å²) >= 11 is 0. The smallest absolute Gasteiger partial charge is 0.0630 e. The second-order valence-corrected chi connectivity index (χ2v) is 5.00. The van der Waals surface area contributed by atoms with Crippen molar-refractivity contribution in [3.8, 4) is 0 Å². The fourth-order valence-electron chi connectivity index (χ4n) is 1.71. The van der Waals surface area contributed by atoms with Gasteiger partial charge in [-0.25, -0.2) is 0 Å². The van der Waals surface area contributed by atoms with Gasteiger partial charge in [-0.05, 0) is 32.9 Å². The summed E-state index contributed by atoms with van der Waals surface area (Å²) in [5, 5.41) is 5.51. The standard InChI is InChI=1S/C13H17N3/c1-13(2,3)16-11-5-4-9-8-15-7-6-10(9)12(11)14/h4-8,16H,14H2,1-3H3. The van der Waals surface area contributed by atoms with Gasteiger partial charge in [-0.3, -0.25) is 4.98 Å². The molecule has 1 aromatic heterocycles. The van der Waals surface area contributed by atoms with Crippen LogP contribution < -0.4 is 11.1 Å². The van der Waals surface area contributed by atoms with Crippen LogP contribution in [0.15, 0.2) is 30.6 Å². The number of pyridine rings is 1. The Labute approximate surface area is 95.7 Å². The van der Waals surface area contributed by atoms with E-state index in [-0.39, 0.29) is 5.54 Å². The molecular formula is C13H17N3. The molecule has 0 unspecified atom stereocenters. The van der Waals surface area contributed by atoms with E-state index < -0.39 is 0 Å². The molecule has 3 heteroatoms. The second kappa shape index (κ2) is 3.67. The van der Waals surface area contributed by atoms with Crippen molar-refractivity contribution in [3.63, 3.8) is 0 Å². The minimum absolute atomic E-state index is 0.00876. The Kier molecular flexibility index (Phi) is 2.46. The summed E-state index contributed by atoms with van der Waals surface area (Å²) in [6, 6.07) is 5.98. The minimum Gasteiger partial charge on any atom is -0.397 e. The molecule has 2 aromatic rings. The van der Waals surface area contributed by atoms with Crippen LogP contribution in [0.3, 0.4) is 0 Å². The molecule has 16 heavy (non-hydrogen) atoms. The highest BCUT2D eigenvalue weighted by Gasteiger charge is 2.12. The van der Waals surface area contributed by atoms with Gasteiger partial charge >= 0.3 is 0 Å². The number of nitrogens with one attached hydrogen (secondary N) is 1. The topological polar surface area (TPSA) is 50.9 Å². The molecule has 0 spiro atoms. The third-order valence-corrected chi connectivity index (χ3v) is 2.37. The van der Waals surface area contributed by atoms with Gasteiger partial charge in [-0.2, -0.15) is 0 Å². The minimum atomic E-state index is 0.00876. The van der Waals surface area contributed by atoms with Crippen LogP contribution in [0.25, 0.3) is 10.8 Å². The highest BCUT2D eigenvalue weighted by molar-refractivity contribution is 5.98. The first-order valence-corrected chi connectivity index (χ1v) is 5.38. The molecule has 0 saturated heterocycles. The van der Waals surface area contributed by atoms with Crippen molar-refractivity contribution < 1.29 is 0 Å². The Hall–Kier alpha value is -1.77. The van der Waals surface area contributed by atoms with Gasteiger partial charge in [0.2, 0.25) is 0 Å². The van der Waals surface area contributed by atoms with Crippen LogP contribution in [0.4, 0.5) is 11.4 Å². The van der Waals surface area contributed by atoms with Crippen LogP contribution in [0.1, 0.15) is 20.8 Å². The van der Waals surface area contributed by atoms with Crippen molar-refractivity contribution in [2.75, 3.05) is 11.1 Å². The van der Waals surface area contributed by atoms with Crippen molar-refractivity contribution in [1.82, 2.24) is 4.98 Å². The van der Waals surface area contributed by atoms with E-state index in [1.807, 2.05) is 24.4 Å². The first-order chi connectivity index (χ1) is 7.47. The van der Waals surface area contributed by atoms with E-state index in [1.54, 1.807) is 6.20 Å². The van der Waals surface area contributed by atoms with Crippen LogP contribution in [0.5, 0.6) is 0 Å². The first kappa shape index (κ1) is 10.7. The lowest BCUT2D eigenvalue weighted by Crippen LogP contribution is -2.26. The molecule has 3 N–H and O–H groups in total. The maximum Gasteiger partial charge on any atom is 0.0630 e. The van der Waals surface area contributed by atoms with Crippen molar-refractivity contribution in [2.24, 2.45) is 0 Å².